The Balaban J connectivity index is 1.63. The van der Waals surface area contributed by atoms with Crippen molar-refractivity contribution in [3.05, 3.63) is 48.2 Å². The maximum Gasteiger partial charge on any atom is 0.168 e. The number of nitrogens with zero attached hydrogens (tertiary/aromatic N) is 3. The number of alkyl halides is 1. The highest BCUT2D eigenvalue weighted by Crippen LogP contribution is 2.27. The number of hydrogen-bond acceptors (Lipinski definition) is 3. The predicted molar refractivity (Wildman–Crippen MR) is 102 cm³/mol. The monoisotopic (exact) mass is 384 g/mol. The van der Waals surface area contributed by atoms with Crippen molar-refractivity contribution in [2.45, 2.75) is 43.5 Å². The number of aromatic nitrogens is 3. The zero-order valence-corrected chi connectivity index (χ0v) is 15.3. The molecular weight excluding hydrogens is 364 g/mol. The van der Waals surface area contributed by atoms with Gasteiger partial charge in [-0.2, -0.15) is 0 Å². The fourth-order valence-corrected chi connectivity index (χ4v) is 3.92. The van der Waals surface area contributed by atoms with Gasteiger partial charge in [-0.15, -0.1) is 10.2 Å². The molecule has 5 heteroatoms. The lowest BCUT2D eigenvalue weighted by Crippen LogP contribution is -2.26. The molecule has 0 unspecified atom stereocenters. The molecule has 1 N–H and O–H groups in total. The summed E-state index contributed by atoms with van der Waals surface area (Å²) in [6.45, 7) is 2.10. The van der Waals surface area contributed by atoms with E-state index in [-0.39, 0.29) is 0 Å². The Morgan fingerprint density at radius 1 is 1.08 bits per heavy atom. The lowest BCUT2D eigenvalue weighted by Gasteiger charge is -2.26. The Bertz CT molecular complexity index is 849. The van der Waals surface area contributed by atoms with Crippen molar-refractivity contribution >= 4 is 27.3 Å². The van der Waals surface area contributed by atoms with Gasteiger partial charge in [0.25, 0.3) is 0 Å². The van der Waals surface area contributed by atoms with Gasteiger partial charge in [0.2, 0.25) is 0 Å². The molecule has 0 radical (unpaired) electrons. The highest BCUT2D eigenvalue weighted by Gasteiger charge is 2.19. The molecule has 3 aromatic rings. The van der Waals surface area contributed by atoms with Gasteiger partial charge < -0.3 is 5.32 Å². The van der Waals surface area contributed by atoms with E-state index in [2.05, 4.69) is 79.3 Å². The summed E-state index contributed by atoms with van der Waals surface area (Å²) >= 11 is 3.72. The van der Waals surface area contributed by atoms with Crippen molar-refractivity contribution in [2.75, 3.05) is 5.32 Å². The molecule has 2 heterocycles. The van der Waals surface area contributed by atoms with E-state index in [4.69, 9.17) is 0 Å². The lowest BCUT2D eigenvalue weighted by molar-refractivity contribution is 0.477. The maximum absolute atomic E-state index is 4.38. The maximum atomic E-state index is 4.38. The van der Waals surface area contributed by atoms with Crippen LogP contribution in [-0.2, 0) is 0 Å². The van der Waals surface area contributed by atoms with Gasteiger partial charge in [0.1, 0.15) is 0 Å². The van der Waals surface area contributed by atoms with Crippen LogP contribution in [0.1, 0.15) is 31.2 Å². The zero-order chi connectivity index (χ0) is 16.5. The van der Waals surface area contributed by atoms with E-state index in [1.54, 1.807) is 0 Å². The minimum absolute atomic E-state index is 0.551. The average molecular weight is 385 g/mol. The first-order valence-corrected chi connectivity index (χ1v) is 9.43. The Labute approximate surface area is 150 Å². The molecule has 0 spiro atoms. The molecule has 1 fully saturated rings. The van der Waals surface area contributed by atoms with E-state index < -0.39 is 0 Å². The second-order valence-corrected chi connectivity index (χ2v) is 7.93. The second-order valence-electron chi connectivity index (χ2n) is 6.63. The van der Waals surface area contributed by atoms with Crippen LogP contribution in [0.15, 0.2) is 42.6 Å². The van der Waals surface area contributed by atoms with Crippen LogP contribution >= 0.6 is 15.9 Å². The van der Waals surface area contributed by atoms with Gasteiger partial charge in [-0.05, 0) is 50.8 Å². The van der Waals surface area contributed by atoms with Crippen LogP contribution in [0.5, 0.6) is 0 Å². The summed E-state index contributed by atoms with van der Waals surface area (Å²) < 4.78 is 2.08. The molecule has 4 rings (SSSR count). The number of fused-ring (bicyclic) bond motifs is 1. The molecule has 4 nitrogen and oxygen atoms in total. The van der Waals surface area contributed by atoms with Gasteiger partial charge in [-0.1, -0.05) is 39.7 Å². The summed E-state index contributed by atoms with van der Waals surface area (Å²) in [5.74, 6) is 0.890. The van der Waals surface area contributed by atoms with Gasteiger partial charge >= 0.3 is 0 Å². The highest BCUT2D eigenvalue weighted by molar-refractivity contribution is 9.09. The van der Waals surface area contributed by atoms with Crippen LogP contribution in [0.2, 0.25) is 0 Å². The topological polar surface area (TPSA) is 42.2 Å². The van der Waals surface area contributed by atoms with Crippen molar-refractivity contribution in [3.8, 4) is 11.4 Å². The van der Waals surface area contributed by atoms with Gasteiger partial charge in [-0.3, -0.25) is 4.40 Å². The zero-order valence-electron chi connectivity index (χ0n) is 13.7. The van der Waals surface area contributed by atoms with Gasteiger partial charge in [0.15, 0.2) is 11.5 Å². The normalized spacial score (nSPS) is 21.1. The Kier molecular flexibility index (Phi) is 4.27. The molecule has 1 aromatic carbocycles. The quantitative estimate of drug-likeness (QED) is 0.657. The smallest absolute Gasteiger partial charge is 0.168 e. The van der Waals surface area contributed by atoms with Crippen LogP contribution in [0.4, 0.5) is 5.69 Å². The Morgan fingerprint density at radius 3 is 2.71 bits per heavy atom. The number of rotatable bonds is 3. The molecule has 2 aromatic heterocycles. The summed E-state index contributed by atoms with van der Waals surface area (Å²) in [5, 5.41) is 12.4. The first-order valence-electron chi connectivity index (χ1n) is 8.51. The molecule has 0 saturated heterocycles. The van der Waals surface area contributed by atoms with E-state index in [9.17, 15) is 0 Å². The molecule has 24 heavy (non-hydrogen) atoms. The van der Waals surface area contributed by atoms with Gasteiger partial charge in [0.05, 0.1) is 5.69 Å². The molecule has 0 amide bonds. The first-order chi connectivity index (χ1) is 11.7. The van der Waals surface area contributed by atoms with Crippen LogP contribution in [0.3, 0.4) is 0 Å². The minimum atomic E-state index is 0.551. The molecule has 1 aliphatic rings. The molecule has 0 bridgehead atoms. The SMILES string of the molecule is Cc1cccc(-c2nnc3ccc(N[C@H]4CC[C@@H](Br)CC4)cn23)c1. The summed E-state index contributed by atoms with van der Waals surface area (Å²) in [7, 11) is 0. The van der Waals surface area contributed by atoms with Crippen molar-refractivity contribution in [2.24, 2.45) is 0 Å². The lowest BCUT2D eigenvalue weighted by atomic mass is 9.95. The molecule has 1 aliphatic carbocycles. The third kappa shape index (κ3) is 3.18. The summed E-state index contributed by atoms with van der Waals surface area (Å²) in [6, 6.07) is 13.1. The summed E-state index contributed by atoms with van der Waals surface area (Å²) in [6.07, 6.45) is 7.01. The van der Waals surface area contributed by atoms with Gasteiger partial charge in [0, 0.05) is 22.6 Å². The third-order valence-electron chi connectivity index (χ3n) is 4.71. The van der Waals surface area contributed by atoms with E-state index in [0.717, 1.165) is 22.7 Å². The third-order valence-corrected chi connectivity index (χ3v) is 5.62. The van der Waals surface area contributed by atoms with Crippen LogP contribution in [0, 0.1) is 6.92 Å². The van der Waals surface area contributed by atoms with Crippen molar-refractivity contribution in [3.63, 3.8) is 0 Å². The molecule has 0 aliphatic heterocycles. The second kappa shape index (κ2) is 6.55. The van der Waals surface area contributed by atoms with Crippen molar-refractivity contribution in [1.29, 1.82) is 0 Å². The number of hydrogen-bond donors (Lipinski definition) is 1. The van der Waals surface area contributed by atoms with Crippen LogP contribution in [0.25, 0.3) is 17.0 Å². The number of benzene rings is 1. The largest absolute Gasteiger partial charge is 0.381 e. The molecular formula is C19H21BrN4. The molecule has 0 atom stereocenters. The predicted octanol–water partition coefficient (Wildman–Crippen LogP) is 4.82. The van der Waals surface area contributed by atoms with Crippen molar-refractivity contribution < 1.29 is 0 Å². The first kappa shape index (κ1) is 15.6. The van der Waals surface area contributed by atoms with E-state index in [0.29, 0.717) is 10.9 Å². The fraction of sp³-hybridized carbons (Fsp3) is 0.368. The van der Waals surface area contributed by atoms with Crippen molar-refractivity contribution in [1.82, 2.24) is 14.6 Å². The average Bonchev–Trinajstić information content (AvgIpc) is 3.00. The number of nitrogens with one attached hydrogen (secondary N) is 1. The fourth-order valence-electron chi connectivity index (χ4n) is 3.39. The van der Waals surface area contributed by atoms with Crippen LogP contribution in [-0.4, -0.2) is 25.5 Å². The standard InChI is InChI=1S/C19H21BrN4/c1-13-3-2-4-14(11-13)19-23-22-18-10-9-17(12-24(18)19)21-16-7-5-15(20)6-8-16/h2-4,9-12,15-16,21H,5-8H2,1H3/t15-,16+. The van der Waals surface area contributed by atoms with Crippen LogP contribution < -0.4 is 5.32 Å². The van der Waals surface area contributed by atoms with E-state index in [1.807, 2.05) is 6.07 Å². The number of anilines is 1. The number of pyridine rings is 1. The number of aryl methyl sites for hydroxylation is 1. The summed E-state index contributed by atoms with van der Waals surface area (Å²) in [4.78, 5) is 0.684. The van der Waals surface area contributed by atoms with Gasteiger partial charge in [-0.25, -0.2) is 0 Å². The number of halogens is 1. The summed E-state index contributed by atoms with van der Waals surface area (Å²) in [5.41, 5.74) is 4.33. The van der Waals surface area contributed by atoms with E-state index >= 15 is 0 Å². The Morgan fingerprint density at radius 2 is 1.92 bits per heavy atom. The van der Waals surface area contributed by atoms with E-state index in [1.165, 1.54) is 31.2 Å². The Hall–Kier alpha value is -1.88. The molecule has 1 saturated carbocycles. The highest BCUT2D eigenvalue weighted by atomic mass is 79.9. The minimum Gasteiger partial charge on any atom is -0.381 e. The molecule has 124 valence electrons.